The van der Waals surface area contributed by atoms with Gasteiger partial charge in [0.2, 0.25) is 35.4 Å². The molecule has 1 aliphatic rings. The van der Waals surface area contributed by atoms with Gasteiger partial charge in [-0.05, 0) is 55.7 Å². The molecule has 8 N–H and O–H groups in total. The van der Waals surface area contributed by atoms with Gasteiger partial charge in [-0.15, -0.1) is 0 Å². The minimum atomic E-state index is -1.47. The van der Waals surface area contributed by atoms with Gasteiger partial charge in [0, 0.05) is 38.1 Å². The van der Waals surface area contributed by atoms with Crippen LogP contribution in [0.5, 0.6) is 11.5 Å². The fourth-order valence-electron chi connectivity index (χ4n) is 7.85. The van der Waals surface area contributed by atoms with Crippen molar-refractivity contribution in [3.8, 4) is 22.6 Å². The van der Waals surface area contributed by atoms with Gasteiger partial charge in [-0.1, -0.05) is 109 Å². The molecule has 0 fully saturated rings. The molecule has 4 bridgehead atoms. The van der Waals surface area contributed by atoms with Gasteiger partial charge in [-0.2, -0.15) is 0 Å². The van der Waals surface area contributed by atoms with Crippen LogP contribution in [0.4, 0.5) is 0 Å². The zero-order valence-corrected chi connectivity index (χ0v) is 38.8. The van der Waals surface area contributed by atoms with Crippen LogP contribution in [0.25, 0.3) is 11.1 Å². The molecule has 2 aromatic carbocycles. The van der Waals surface area contributed by atoms with Crippen LogP contribution in [0.15, 0.2) is 36.4 Å². The number of likely N-dealkylation sites (N-methyl/N-ethyl adjacent to an activating group) is 2. The summed E-state index contributed by atoms with van der Waals surface area (Å²) >= 11 is 0. The molecule has 360 valence electrons. The number of carbonyl (C=O) groups excluding carboxylic acids is 6. The van der Waals surface area contributed by atoms with Gasteiger partial charge in [0.25, 0.3) is 0 Å². The molecule has 1 heterocycles. The van der Waals surface area contributed by atoms with E-state index in [1.54, 1.807) is 0 Å². The molecular formula is C48H72N6O11. The van der Waals surface area contributed by atoms with Crippen LogP contribution in [0.3, 0.4) is 0 Å². The lowest BCUT2D eigenvalue weighted by Gasteiger charge is -2.30. The normalized spacial score (nSPS) is 17.1. The van der Waals surface area contributed by atoms with E-state index in [2.05, 4.69) is 28.2 Å². The summed E-state index contributed by atoms with van der Waals surface area (Å²) < 4.78 is 0. The standard InChI is InChI=1S/C48H72N6O11/c1-6-7-8-9-10-11-12-13-14-15-16-17-18-19-20-21-41(58)53(4)38(30-55)46(62)50-31(2)44(60)49-29-42(59)54(5)43-34-23-25-40(57)36(28-34)35-26-33(22-24-39(35)56)27-37(48(64)65)52-45(61)32(3)51-47(43)63/h22-26,28,31-32,37-38,43,55-57H,6-21,27,29-30H2,1-5H3,(H,49,60)(H,50,62)(H,51,63)(H,52,61)(H,64,65)/t31-,32+,37+,38-,43+/m1/s1. The molecule has 0 aromatic heterocycles. The van der Waals surface area contributed by atoms with E-state index >= 15 is 0 Å². The van der Waals surface area contributed by atoms with Gasteiger partial charge in [-0.3, -0.25) is 28.8 Å². The second kappa shape index (κ2) is 27.6. The molecule has 0 radical (unpaired) electrons. The van der Waals surface area contributed by atoms with Crippen LogP contribution >= 0.6 is 0 Å². The van der Waals surface area contributed by atoms with E-state index in [9.17, 15) is 54.0 Å². The molecule has 6 amide bonds. The Morgan fingerprint density at radius 3 is 1.83 bits per heavy atom. The Balaban J connectivity index is 1.55. The number of unbranched alkanes of at least 4 members (excludes halogenated alkanes) is 14. The molecule has 17 heteroatoms. The van der Waals surface area contributed by atoms with Crippen LogP contribution in [0, 0.1) is 0 Å². The Labute approximate surface area is 383 Å². The highest BCUT2D eigenvalue weighted by Crippen LogP contribution is 2.38. The number of fused-ring (bicyclic) bond motifs is 5. The molecule has 0 saturated heterocycles. The first-order chi connectivity index (χ1) is 31.0. The number of carboxylic acid groups (broad SMARTS) is 1. The highest BCUT2D eigenvalue weighted by molar-refractivity contribution is 5.96. The van der Waals surface area contributed by atoms with Crippen molar-refractivity contribution >= 4 is 41.4 Å². The monoisotopic (exact) mass is 909 g/mol. The van der Waals surface area contributed by atoms with Gasteiger partial charge < -0.3 is 51.5 Å². The number of nitrogens with zero attached hydrogens (tertiary/aromatic N) is 2. The number of aliphatic hydroxyl groups is 1. The number of amides is 6. The first-order valence-electron chi connectivity index (χ1n) is 23.2. The van der Waals surface area contributed by atoms with E-state index in [0.717, 1.165) is 24.2 Å². The van der Waals surface area contributed by atoms with E-state index in [4.69, 9.17) is 0 Å². The summed E-state index contributed by atoms with van der Waals surface area (Å²) in [5.41, 5.74) is 0.729. The van der Waals surface area contributed by atoms with Crippen molar-refractivity contribution in [1.29, 1.82) is 0 Å². The summed E-state index contributed by atoms with van der Waals surface area (Å²) in [7, 11) is 2.70. The number of benzene rings is 2. The predicted octanol–water partition coefficient (Wildman–Crippen LogP) is 4.60. The maximum atomic E-state index is 13.9. The molecule has 0 saturated carbocycles. The first kappa shape index (κ1) is 53.6. The number of aromatic hydroxyl groups is 2. The number of aliphatic hydroxyl groups excluding tert-OH is 1. The molecule has 3 rings (SSSR count). The van der Waals surface area contributed by atoms with Crippen LogP contribution in [-0.4, -0.2) is 123 Å². The molecule has 65 heavy (non-hydrogen) atoms. The number of hydrogen-bond donors (Lipinski definition) is 8. The van der Waals surface area contributed by atoms with Crippen molar-refractivity contribution in [3.05, 3.63) is 47.5 Å². The Morgan fingerprint density at radius 2 is 1.28 bits per heavy atom. The van der Waals surface area contributed by atoms with Gasteiger partial charge in [0.05, 0.1) is 13.2 Å². The molecule has 2 aromatic rings. The van der Waals surface area contributed by atoms with Crippen LogP contribution < -0.4 is 21.3 Å². The quantitative estimate of drug-likeness (QED) is 0.0640. The van der Waals surface area contributed by atoms with E-state index in [-0.39, 0.29) is 46.9 Å². The van der Waals surface area contributed by atoms with E-state index < -0.39 is 78.9 Å². The lowest BCUT2D eigenvalue weighted by atomic mass is 9.94. The Morgan fingerprint density at radius 1 is 0.738 bits per heavy atom. The van der Waals surface area contributed by atoms with Crippen LogP contribution in [0.2, 0.25) is 0 Å². The third-order valence-corrected chi connectivity index (χ3v) is 12.0. The van der Waals surface area contributed by atoms with Crippen molar-refractivity contribution in [2.75, 3.05) is 27.2 Å². The number of nitrogens with one attached hydrogen (secondary N) is 4. The maximum absolute atomic E-state index is 13.9. The number of phenolic OH excluding ortho intramolecular Hbond substituents is 2. The molecule has 17 nitrogen and oxygen atoms in total. The lowest BCUT2D eigenvalue weighted by molar-refractivity contribution is -0.143. The first-order valence-corrected chi connectivity index (χ1v) is 23.2. The van der Waals surface area contributed by atoms with Gasteiger partial charge in [0.1, 0.15) is 41.7 Å². The maximum Gasteiger partial charge on any atom is 0.326 e. The van der Waals surface area contributed by atoms with Crippen molar-refractivity contribution in [1.82, 2.24) is 31.1 Å². The number of carbonyl (C=O) groups is 7. The van der Waals surface area contributed by atoms with Crippen molar-refractivity contribution in [2.24, 2.45) is 0 Å². The fraction of sp³-hybridized carbons (Fsp3) is 0.604. The van der Waals surface area contributed by atoms with Gasteiger partial charge in [-0.25, -0.2) is 4.79 Å². The smallest absolute Gasteiger partial charge is 0.326 e. The van der Waals surface area contributed by atoms with Crippen molar-refractivity contribution in [3.63, 3.8) is 0 Å². The second-order valence-corrected chi connectivity index (χ2v) is 17.2. The molecule has 0 aliphatic carbocycles. The zero-order valence-electron chi connectivity index (χ0n) is 38.8. The molecule has 0 unspecified atom stereocenters. The van der Waals surface area contributed by atoms with Gasteiger partial charge >= 0.3 is 5.97 Å². The molecule has 5 atom stereocenters. The third kappa shape index (κ3) is 17.0. The van der Waals surface area contributed by atoms with Crippen molar-refractivity contribution in [2.45, 2.75) is 160 Å². The minimum Gasteiger partial charge on any atom is -0.507 e. The fourth-order valence-corrected chi connectivity index (χ4v) is 7.85. The van der Waals surface area contributed by atoms with Gasteiger partial charge in [0.15, 0.2) is 0 Å². The van der Waals surface area contributed by atoms with E-state index in [1.165, 1.54) is 140 Å². The summed E-state index contributed by atoms with van der Waals surface area (Å²) in [5, 5.41) is 51.3. The summed E-state index contributed by atoms with van der Waals surface area (Å²) in [6, 6.07) is 1.64. The Bertz CT molecular complexity index is 1930. The summed E-state index contributed by atoms with van der Waals surface area (Å²) in [6.45, 7) is 3.60. The molecule has 0 spiro atoms. The third-order valence-electron chi connectivity index (χ3n) is 12.0. The lowest BCUT2D eigenvalue weighted by Crippen LogP contribution is -2.55. The van der Waals surface area contributed by atoms with Crippen LogP contribution in [0.1, 0.15) is 141 Å². The topological polar surface area (TPSA) is 255 Å². The largest absolute Gasteiger partial charge is 0.507 e. The zero-order chi connectivity index (χ0) is 48.1. The van der Waals surface area contributed by atoms with E-state index in [0.29, 0.717) is 12.0 Å². The number of aliphatic carboxylic acids is 1. The Hall–Kier alpha value is -5.71. The Kier molecular flexibility index (Phi) is 22.8. The average Bonchev–Trinajstić information content (AvgIpc) is 3.27. The predicted molar refractivity (Wildman–Crippen MR) is 245 cm³/mol. The van der Waals surface area contributed by atoms with Crippen LogP contribution in [-0.2, 0) is 40.0 Å². The minimum absolute atomic E-state index is 0.0675. The summed E-state index contributed by atoms with van der Waals surface area (Å²) in [5.74, 6) is -6.23. The van der Waals surface area contributed by atoms with E-state index in [1.807, 2.05) is 0 Å². The van der Waals surface area contributed by atoms with Crippen molar-refractivity contribution < 1.29 is 54.0 Å². The highest BCUT2D eigenvalue weighted by atomic mass is 16.4. The second-order valence-electron chi connectivity index (χ2n) is 17.2. The summed E-state index contributed by atoms with van der Waals surface area (Å²) in [6.07, 6.45) is 17.9. The number of hydrogen-bond acceptors (Lipinski definition) is 10. The molecular weight excluding hydrogens is 837 g/mol. The number of rotatable bonds is 25. The summed E-state index contributed by atoms with van der Waals surface area (Å²) in [4.78, 5) is 94.1. The molecule has 1 aliphatic heterocycles. The number of phenols is 2. The number of carboxylic acids is 1. The highest BCUT2D eigenvalue weighted by Gasteiger charge is 2.34. The average molecular weight is 909 g/mol. The SMILES string of the molecule is CCCCCCCCCCCCCCCCCC(=O)N(C)[C@H](CO)C(=O)N[C@H](C)C(=O)NCC(=O)N(C)[C@@H]1C(=O)N[C@@H](C)C(=O)N[C@H](C(=O)O)Cc2ccc(O)c(c2)-c2cc1ccc2O.